The second kappa shape index (κ2) is 4.30. The molecule has 0 radical (unpaired) electrons. The number of rotatable bonds is 1. The van der Waals surface area contributed by atoms with E-state index in [1.165, 1.54) is 6.20 Å². The van der Waals surface area contributed by atoms with Gasteiger partial charge in [0.1, 0.15) is 0 Å². The number of nitrogens with zero attached hydrogens (tertiary/aromatic N) is 1. The molecule has 0 saturated carbocycles. The monoisotopic (exact) mass is 254 g/mol. The molecular weight excluding hydrogens is 246 g/mol. The standard InChI is InChI=1S/C12H9ClF2N2/c1-6-2-7(16)5-17-12(6)8-3-10(14)11(15)4-9(8)13/h2-5H,16H2,1H3. The smallest absolute Gasteiger partial charge is 0.160 e. The minimum atomic E-state index is -0.980. The van der Waals surface area contributed by atoms with Crippen LogP contribution in [0.4, 0.5) is 14.5 Å². The molecule has 0 fully saturated rings. The van der Waals surface area contributed by atoms with Gasteiger partial charge in [0, 0.05) is 5.56 Å². The number of hydrogen-bond acceptors (Lipinski definition) is 2. The van der Waals surface area contributed by atoms with E-state index in [9.17, 15) is 8.78 Å². The zero-order chi connectivity index (χ0) is 12.6. The van der Waals surface area contributed by atoms with Crippen LogP contribution in [0.5, 0.6) is 0 Å². The Hall–Kier alpha value is -1.68. The second-order valence-electron chi connectivity index (χ2n) is 3.68. The van der Waals surface area contributed by atoms with E-state index in [1.54, 1.807) is 13.0 Å². The van der Waals surface area contributed by atoms with Gasteiger partial charge in [-0.15, -0.1) is 0 Å². The van der Waals surface area contributed by atoms with E-state index in [4.69, 9.17) is 17.3 Å². The summed E-state index contributed by atoms with van der Waals surface area (Å²) in [6.07, 6.45) is 1.44. The maximum Gasteiger partial charge on any atom is 0.160 e. The summed E-state index contributed by atoms with van der Waals surface area (Å²) >= 11 is 5.87. The predicted octanol–water partition coefficient (Wildman–Crippen LogP) is 3.57. The highest BCUT2D eigenvalue weighted by Crippen LogP contribution is 2.31. The molecule has 0 saturated heterocycles. The SMILES string of the molecule is Cc1cc(N)cnc1-c1cc(F)c(F)cc1Cl. The fourth-order valence-electron chi connectivity index (χ4n) is 1.58. The van der Waals surface area contributed by atoms with Crippen LogP contribution >= 0.6 is 11.6 Å². The van der Waals surface area contributed by atoms with Crippen LogP contribution in [-0.2, 0) is 0 Å². The van der Waals surface area contributed by atoms with E-state index in [-0.39, 0.29) is 5.02 Å². The molecular formula is C12H9ClF2N2. The van der Waals surface area contributed by atoms with Crippen LogP contribution < -0.4 is 5.73 Å². The van der Waals surface area contributed by atoms with Crippen LogP contribution in [0.3, 0.4) is 0 Å². The van der Waals surface area contributed by atoms with E-state index in [0.717, 1.165) is 17.7 Å². The van der Waals surface area contributed by atoms with Crippen molar-refractivity contribution >= 4 is 17.3 Å². The van der Waals surface area contributed by atoms with Gasteiger partial charge in [-0.1, -0.05) is 11.6 Å². The molecule has 0 amide bonds. The Morgan fingerprint density at radius 1 is 1.18 bits per heavy atom. The third-order valence-corrected chi connectivity index (χ3v) is 2.68. The number of nitrogens with two attached hydrogens (primary N) is 1. The lowest BCUT2D eigenvalue weighted by Gasteiger charge is -2.08. The van der Waals surface area contributed by atoms with Crippen LogP contribution in [0.15, 0.2) is 24.4 Å². The number of benzene rings is 1. The molecule has 0 aliphatic heterocycles. The quantitative estimate of drug-likeness (QED) is 0.790. The normalized spacial score (nSPS) is 10.6. The minimum absolute atomic E-state index is 0.115. The molecule has 1 aromatic heterocycles. The fraction of sp³-hybridized carbons (Fsp3) is 0.0833. The molecule has 1 heterocycles. The van der Waals surface area contributed by atoms with Gasteiger partial charge in [0.25, 0.3) is 0 Å². The van der Waals surface area contributed by atoms with E-state index >= 15 is 0 Å². The summed E-state index contributed by atoms with van der Waals surface area (Å²) in [6, 6.07) is 3.66. The lowest BCUT2D eigenvalue weighted by Crippen LogP contribution is -1.95. The van der Waals surface area contributed by atoms with Crippen LogP contribution in [0.2, 0.25) is 5.02 Å². The Morgan fingerprint density at radius 3 is 2.47 bits per heavy atom. The first-order valence-corrected chi connectivity index (χ1v) is 5.24. The molecule has 5 heteroatoms. The van der Waals surface area contributed by atoms with Crippen LogP contribution in [0.1, 0.15) is 5.56 Å². The Labute approximate surface area is 102 Å². The van der Waals surface area contributed by atoms with Crippen molar-refractivity contribution in [3.05, 3.63) is 46.6 Å². The Bertz CT molecular complexity index is 585. The zero-order valence-electron chi connectivity index (χ0n) is 8.97. The number of nitrogen functional groups attached to an aromatic ring is 1. The average Bonchev–Trinajstić information content (AvgIpc) is 2.24. The molecule has 17 heavy (non-hydrogen) atoms. The molecule has 2 rings (SSSR count). The van der Waals surface area contributed by atoms with Crippen LogP contribution in [0.25, 0.3) is 11.3 Å². The fourth-order valence-corrected chi connectivity index (χ4v) is 1.82. The van der Waals surface area contributed by atoms with E-state index < -0.39 is 11.6 Å². The molecule has 2 N–H and O–H groups in total. The van der Waals surface area contributed by atoms with Crippen molar-refractivity contribution in [2.24, 2.45) is 0 Å². The molecule has 2 nitrogen and oxygen atoms in total. The van der Waals surface area contributed by atoms with Gasteiger partial charge in [0.2, 0.25) is 0 Å². The lowest BCUT2D eigenvalue weighted by molar-refractivity contribution is 0.509. The zero-order valence-corrected chi connectivity index (χ0v) is 9.72. The molecule has 0 spiro atoms. The van der Waals surface area contributed by atoms with Crippen molar-refractivity contribution in [3.63, 3.8) is 0 Å². The molecule has 0 bridgehead atoms. The highest BCUT2D eigenvalue weighted by molar-refractivity contribution is 6.33. The number of anilines is 1. The Balaban J connectivity index is 2.64. The van der Waals surface area contributed by atoms with Gasteiger partial charge in [0.15, 0.2) is 11.6 Å². The van der Waals surface area contributed by atoms with E-state index in [0.29, 0.717) is 16.9 Å². The van der Waals surface area contributed by atoms with Crippen LogP contribution in [-0.4, -0.2) is 4.98 Å². The van der Waals surface area contributed by atoms with Crippen LogP contribution in [0, 0.1) is 18.6 Å². The summed E-state index contributed by atoms with van der Waals surface area (Å²) in [4.78, 5) is 4.08. The number of aryl methyl sites for hydroxylation is 1. The van der Waals surface area contributed by atoms with E-state index in [2.05, 4.69) is 4.98 Å². The van der Waals surface area contributed by atoms with Gasteiger partial charge < -0.3 is 5.73 Å². The summed E-state index contributed by atoms with van der Waals surface area (Å²) in [7, 11) is 0. The molecule has 1 aromatic carbocycles. The summed E-state index contributed by atoms with van der Waals surface area (Å²) in [5, 5.41) is 0.115. The predicted molar refractivity (Wildman–Crippen MR) is 63.7 cm³/mol. The molecule has 2 aromatic rings. The molecule has 0 aliphatic carbocycles. The number of hydrogen-bond donors (Lipinski definition) is 1. The number of aromatic nitrogens is 1. The summed E-state index contributed by atoms with van der Waals surface area (Å²) in [5.74, 6) is -1.94. The number of halogens is 3. The largest absolute Gasteiger partial charge is 0.397 e. The van der Waals surface area contributed by atoms with Gasteiger partial charge in [-0.25, -0.2) is 8.78 Å². The van der Waals surface area contributed by atoms with E-state index in [1.807, 2.05) is 0 Å². The third kappa shape index (κ3) is 2.22. The summed E-state index contributed by atoms with van der Waals surface area (Å²) < 4.78 is 26.1. The maximum absolute atomic E-state index is 13.2. The Morgan fingerprint density at radius 2 is 1.82 bits per heavy atom. The first kappa shape index (κ1) is 11.8. The van der Waals surface area contributed by atoms with Gasteiger partial charge >= 0.3 is 0 Å². The van der Waals surface area contributed by atoms with Crippen molar-refractivity contribution in [2.75, 3.05) is 5.73 Å². The Kier molecular flexibility index (Phi) is 2.98. The summed E-state index contributed by atoms with van der Waals surface area (Å²) in [5.41, 5.74) is 7.66. The van der Waals surface area contributed by atoms with Gasteiger partial charge in [-0.3, -0.25) is 4.98 Å². The topological polar surface area (TPSA) is 38.9 Å². The number of pyridine rings is 1. The average molecular weight is 255 g/mol. The second-order valence-corrected chi connectivity index (χ2v) is 4.09. The van der Waals surface area contributed by atoms with Crippen molar-refractivity contribution in [3.8, 4) is 11.3 Å². The first-order chi connectivity index (χ1) is 7.99. The minimum Gasteiger partial charge on any atom is -0.397 e. The van der Waals surface area contributed by atoms with Crippen molar-refractivity contribution < 1.29 is 8.78 Å². The lowest BCUT2D eigenvalue weighted by atomic mass is 10.1. The molecule has 0 unspecified atom stereocenters. The van der Waals surface area contributed by atoms with Gasteiger partial charge in [-0.2, -0.15) is 0 Å². The molecule has 0 atom stereocenters. The third-order valence-electron chi connectivity index (χ3n) is 2.36. The van der Waals surface area contributed by atoms with Gasteiger partial charge in [-0.05, 0) is 30.7 Å². The summed E-state index contributed by atoms with van der Waals surface area (Å²) in [6.45, 7) is 1.77. The highest BCUT2D eigenvalue weighted by atomic mass is 35.5. The highest BCUT2D eigenvalue weighted by Gasteiger charge is 2.13. The van der Waals surface area contributed by atoms with Crippen molar-refractivity contribution in [1.82, 2.24) is 4.98 Å². The first-order valence-electron chi connectivity index (χ1n) is 4.86. The molecule has 0 aliphatic rings. The molecule has 88 valence electrons. The van der Waals surface area contributed by atoms with Crippen molar-refractivity contribution in [1.29, 1.82) is 0 Å². The van der Waals surface area contributed by atoms with Crippen molar-refractivity contribution in [2.45, 2.75) is 6.92 Å². The maximum atomic E-state index is 13.2. The van der Waals surface area contributed by atoms with Gasteiger partial charge in [0.05, 0.1) is 22.6 Å².